The highest BCUT2D eigenvalue weighted by molar-refractivity contribution is 14.1. The summed E-state index contributed by atoms with van der Waals surface area (Å²) in [7, 11) is 0. The minimum atomic E-state index is 0.509. The summed E-state index contributed by atoms with van der Waals surface area (Å²) >= 11 is 2.44. The van der Waals surface area contributed by atoms with Crippen molar-refractivity contribution in [3.05, 3.63) is 12.7 Å². The van der Waals surface area contributed by atoms with Crippen molar-refractivity contribution in [2.75, 3.05) is 4.43 Å². The van der Waals surface area contributed by atoms with Crippen LogP contribution in [0, 0.1) is 5.41 Å². The van der Waals surface area contributed by atoms with Gasteiger partial charge in [-0.15, -0.1) is 6.58 Å². The van der Waals surface area contributed by atoms with Gasteiger partial charge in [0.05, 0.1) is 0 Å². The minimum absolute atomic E-state index is 0.509. The molecule has 9 heavy (non-hydrogen) atoms. The summed E-state index contributed by atoms with van der Waals surface area (Å²) in [6.45, 7) is 8.28. The standard InChI is InChI=1S/C8H15I/c1-4-5-6-8(2,3)7-9/h4H,1,5-7H2,2-3H3. The van der Waals surface area contributed by atoms with Crippen molar-refractivity contribution in [1.29, 1.82) is 0 Å². The van der Waals surface area contributed by atoms with Crippen LogP contribution < -0.4 is 0 Å². The zero-order valence-electron chi connectivity index (χ0n) is 6.28. The van der Waals surface area contributed by atoms with Gasteiger partial charge in [-0.3, -0.25) is 0 Å². The van der Waals surface area contributed by atoms with E-state index in [2.05, 4.69) is 43.0 Å². The van der Waals surface area contributed by atoms with Gasteiger partial charge >= 0.3 is 0 Å². The second-order valence-corrected chi connectivity index (χ2v) is 3.89. The molecule has 0 amide bonds. The molecule has 0 unspecified atom stereocenters. The molecule has 0 spiro atoms. The number of halogens is 1. The highest BCUT2D eigenvalue weighted by Gasteiger charge is 2.13. The van der Waals surface area contributed by atoms with Gasteiger partial charge in [-0.2, -0.15) is 0 Å². The van der Waals surface area contributed by atoms with Gasteiger partial charge in [0.2, 0.25) is 0 Å². The molecule has 0 nitrogen and oxygen atoms in total. The lowest BCUT2D eigenvalue weighted by atomic mass is 9.91. The molecule has 0 rings (SSSR count). The Hall–Kier alpha value is 0.470. The smallest absolute Gasteiger partial charge is 0.00468 e. The first kappa shape index (κ1) is 9.47. The Balaban J connectivity index is 3.44. The number of allylic oxidation sites excluding steroid dienone is 1. The molecule has 0 aliphatic heterocycles. The van der Waals surface area contributed by atoms with E-state index in [1.807, 2.05) is 6.08 Å². The lowest BCUT2D eigenvalue weighted by Crippen LogP contribution is -2.11. The zero-order chi connectivity index (χ0) is 7.33. The summed E-state index contributed by atoms with van der Waals surface area (Å²) in [5, 5.41) is 0. The van der Waals surface area contributed by atoms with Crippen LogP contribution in [-0.4, -0.2) is 4.43 Å². The van der Waals surface area contributed by atoms with Gasteiger partial charge in [0.15, 0.2) is 0 Å². The molecular formula is C8H15I. The highest BCUT2D eigenvalue weighted by atomic mass is 127. The second-order valence-electron chi connectivity index (χ2n) is 3.13. The van der Waals surface area contributed by atoms with Gasteiger partial charge in [-0.25, -0.2) is 0 Å². The van der Waals surface area contributed by atoms with E-state index in [0.29, 0.717) is 5.41 Å². The Bertz CT molecular complexity index is 84.6. The van der Waals surface area contributed by atoms with Crippen LogP contribution in [0.2, 0.25) is 0 Å². The Morgan fingerprint density at radius 3 is 2.44 bits per heavy atom. The van der Waals surface area contributed by atoms with Crippen LogP contribution >= 0.6 is 22.6 Å². The Kier molecular flexibility index (Phi) is 4.54. The minimum Gasteiger partial charge on any atom is -0.103 e. The predicted molar refractivity (Wildman–Crippen MR) is 52.1 cm³/mol. The van der Waals surface area contributed by atoms with Gasteiger partial charge in [-0.05, 0) is 18.3 Å². The summed E-state index contributed by atoms with van der Waals surface area (Å²) in [5.41, 5.74) is 0.509. The summed E-state index contributed by atoms with van der Waals surface area (Å²) < 4.78 is 1.23. The second kappa shape index (κ2) is 4.31. The molecule has 0 atom stereocenters. The lowest BCUT2D eigenvalue weighted by molar-refractivity contribution is 0.398. The van der Waals surface area contributed by atoms with Crippen LogP contribution in [0.25, 0.3) is 0 Å². The van der Waals surface area contributed by atoms with Gasteiger partial charge in [0, 0.05) is 4.43 Å². The predicted octanol–water partition coefficient (Wildman–Crippen LogP) is 3.41. The Labute approximate surface area is 71.9 Å². The van der Waals surface area contributed by atoms with Crippen molar-refractivity contribution in [3.8, 4) is 0 Å². The number of hydrogen-bond acceptors (Lipinski definition) is 0. The molecule has 0 fully saturated rings. The summed E-state index contributed by atoms with van der Waals surface area (Å²) in [6.07, 6.45) is 4.41. The summed E-state index contributed by atoms with van der Waals surface area (Å²) in [6, 6.07) is 0. The molecule has 0 aromatic rings. The van der Waals surface area contributed by atoms with Gasteiger partial charge in [-0.1, -0.05) is 42.5 Å². The van der Waals surface area contributed by atoms with Crippen LogP contribution in [0.5, 0.6) is 0 Å². The molecule has 54 valence electrons. The van der Waals surface area contributed by atoms with E-state index in [0.717, 1.165) is 6.42 Å². The normalized spacial score (nSPS) is 11.4. The maximum atomic E-state index is 3.70. The zero-order valence-corrected chi connectivity index (χ0v) is 8.44. The molecule has 0 heterocycles. The molecule has 0 saturated carbocycles. The van der Waals surface area contributed by atoms with Gasteiger partial charge < -0.3 is 0 Å². The van der Waals surface area contributed by atoms with Crippen molar-refractivity contribution in [2.45, 2.75) is 26.7 Å². The van der Waals surface area contributed by atoms with Crippen molar-refractivity contribution >= 4 is 22.6 Å². The third-order valence-electron chi connectivity index (χ3n) is 1.39. The van der Waals surface area contributed by atoms with Crippen LogP contribution in [0.1, 0.15) is 26.7 Å². The maximum Gasteiger partial charge on any atom is 0.00468 e. The first-order valence-electron chi connectivity index (χ1n) is 3.29. The van der Waals surface area contributed by atoms with Gasteiger partial charge in [0.25, 0.3) is 0 Å². The third kappa shape index (κ3) is 4.94. The molecule has 0 saturated heterocycles. The van der Waals surface area contributed by atoms with Crippen molar-refractivity contribution in [3.63, 3.8) is 0 Å². The number of rotatable bonds is 4. The monoisotopic (exact) mass is 238 g/mol. The Morgan fingerprint density at radius 1 is 1.56 bits per heavy atom. The molecule has 0 aromatic carbocycles. The van der Waals surface area contributed by atoms with E-state index >= 15 is 0 Å². The first-order valence-corrected chi connectivity index (χ1v) is 4.82. The highest BCUT2D eigenvalue weighted by Crippen LogP contribution is 2.24. The number of hydrogen-bond donors (Lipinski definition) is 0. The van der Waals surface area contributed by atoms with Crippen molar-refractivity contribution in [1.82, 2.24) is 0 Å². The molecule has 0 N–H and O–H groups in total. The van der Waals surface area contributed by atoms with E-state index < -0.39 is 0 Å². The molecule has 0 aliphatic carbocycles. The average molecular weight is 238 g/mol. The van der Waals surface area contributed by atoms with E-state index in [4.69, 9.17) is 0 Å². The van der Waals surface area contributed by atoms with E-state index in [1.165, 1.54) is 10.8 Å². The van der Waals surface area contributed by atoms with E-state index in [-0.39, 0.29) is 0 Å². The number of alkyl halides is 1. The fourth-order valence-corrected chi connectivity index (χ4v) is 0.941. The summed E-state index contributed by atoms with van der Waals surface area (Å²) in [5.74, 6) is 0. The SMILES string of the molecule is C=CCCC(C)(C)CI. The van der Waals surface area contributed by atoms with Crippen LogP contribution in [0.4, 0.5) is 0 Å². The topological polar surface area (TPSA) is 0 Å². The average Bonchev–Trinajstić information content (AvgIpc) is 1.84. The fraction of sp³-hybridized carbons (Fsp3) is 0.750. The molecule has 0 aromatic heterocycles. The van der Waals surface area contributed by atoms with Crippen molar-refractivity contribution < 1.29 is 0 Å². The quantitative estimate of drug-likeness (QED) is 0.400. The molecule has 1 heteroatoms. The summed E-state index contributed by atoms with van der Waals surface area (Å²) in [4.78, 5) is 0. The largest absolute Gasteiger partial charge is 0.103 e. The van der Waals surface area contributed by atoms with E-state index in [1.54, 1.807) is 0 Å². The molecule has 0 aliphatic rings. The molecule has 0 radical (unpaired) electrons. The Morgan fingerprint density at radius 2 is 2.11 bits per heavy atom. The fourth-order valence-electron chi connectivity index (χ4n) is 0.560. The van der Waals surface area contributed by atoms with Gasteiger partial charge in [0.1, 0.15) is 0 Å². The van der Waals surface area contributed by atoms with E-state index in [9.17, 15) is 0 Å². The van der Waals surface area contributed by atoms with Crippen LogP contribution in [0.15, 0.2) is 12.7 Å². The third-order valence-corrected chi connectivity index (χ3v) is 3.45. The van der Waals surface area contributed by atoms with Crippen LogP contribution in [0.3, 0.4) is 0 Å². The molecule has 0 bridgehead atoms. The van der Waals surface area contributed by atoms with Crippen molar-refractivity contribution in [2.24, 2.45) is 5.41 Å². The molecular weight excluding hydrogens is 223 g/mol. The first-order chi connectivity index (χ1) is 4.12. The maximum absolute atomic E-state index is 3.70. The van der Waals surface area contributed by atoms with Crippen LogP contribution in [-0.2, 0) is 0 Å². The lowest BCUT2D eigenvalue weighted by Gasteiger charge is -2.19.